The van der Waals surface area contributed by atoms with Gasteiger partial charge in [0.15, 0.2) is 6.10 Å². The molecule has 0 spiro atoms. The fourth-order valence-corrected chi connectivity index (χ4v) is 8.50. The van der Waals surface area contributed by atoms with Crippen molar-refractivity contribution >= 4 is 17.9 Å². The van der Waals surface area contributed by atoms with E-state index >= 15 is 0 Å². The number of unbranched alkanes of at least 4 members (excludes halogenated alkanes) is 17. The average molecular weight is 1140 g/mol. The molecule has 0 saturated heterocycles. The van der Waals surface area contributed by atoms with E-state index in [1.165, 1.54) is 51.4 Å². The molecule has 1 unspecified atom stereocenters. The van der Waals surface area contributed by atoms with Gasteiger partial charge >= 0.3 is 17.9 Å². The molecule has 0 rings (SSSR count). The van der Waals surface area contributed by atoms with Crippen LogP contribution in [0.3, 0.4) is 0 Å². The van der Waals surface area contributed by atoms with Gasteiger partial charge in [-0.25, -0.2) is 0 Å². The Morgan fingerprint density at radius 2 is 0.470 bits per heavy atom. The Morgan fingerprint density at radius 3 is 0.747 bits per heavy atom. The molecule has 464 valence electrons. The van der Waals surface area contributed by atoms with Crippen molar-refractivity contribution in [2.75, 3.05) is 13.2 Å². The monoisotopic (exact) mass is 1140 g/mol. The van der Waals surface area contributed by atoms with Gasteiger partial charge in [-0.05, 0) is 141 Å². The van der Waals surface area contributed by atoms with Gasteiger partial charge in [0.1, 0.15) is 13.2 Å². The van der Waals surface area contributed by atoms with Crippen LogP contribution in [-0.2, 0) is 28.6 Å². The van der Waals surface area contributed by atoms with E-state index in [4.69, 9.17) is 14.2 Å². The molecule has 0 saturated carbocycles. The molecule has 0 radical (unpaired) electrons. The van der Waals surface area contributed by atoms with Gasteiger partial charge in [0, 0.05) is 19.3 Å². The molecule has 0 aromatic carbocycles. The summed E-state index contributed by atoms with van der Waals surface area (Å²) in [6, 6.07) is 0. The normalized spacial score (nSPS) is 13.3. The van der Waals surface area contributed by atoms with Gasteiger partial charge in [0.05, 0.1) is 0 Å². The zero-order valence-corrected chi connectivity index (χ0v) is 53.1. The molecular formula is C77H120O6. The second-order valence-corrected chi connectivity index (χ2v) is 21.3. The summed E-state index contributed by atoms with van der Waals surface area (Å²) < 4.78 is 16.8. The topological polar surface area (TPSA) is 78.9 Å². The minimum Gasteiger partial charge on any atom is -0.462 e. The lowest BCUT2D eigenvalue weighted by molar-refractivity contribution is -0.167. The quantitative estimate of drug-likeness (QED) is 0.0261. The molecule has 0 aliphatic rings. The van der Waals surface area contributed by atoms with Crippen LogP contribution >= 0.6 is 0 Å². The molecule has 0 heterocycles. The van der Waals surface area contributed by atoms with Crippen LogP contribution in [0.15, 0.2) is 182 Å². The number of carbonyl (C=O) groups is 3. The lowest BCUT2D eigenvalue weighted by Gasteiger charge is -2.18. The number of ether oxygens (including phenoxy) is 3. The summed E-state index contributed by atoms with van der Waals surface area (Å²) in [4.78, 5) is 38.2. The standard InChI is InChI=1S/C77H120O6/c1-4-7-10-13-16-19-21-23-25-27-29-31-33-35-36-37-38-39-40-42-43-45-47-49-51-53-55-58-61-64-67-70-76(79)82-73-74(72-81-75(78)69-66-63-60-57-18-15-12-9-6-3)83-77(80)71-68-65-62-59-56-54-52-50-48-46-44-41-34-32-30-28-26-24-22-20-17-14-11-8-5-2/h7-8,10-11,16-17,19-20,23-26,29-32,35-36,38-39,41-44,47-50,54,56,74H,4-6,9,12-15,18,21-22,27-28,33-34,37,40,45-46,51-53,55,57-73H2,1-3H3/b10-7-,11-8-,19-16-,20-17-,25-23-,26-24-,31-29-,32-30-,36-35-,39-38-,43-42-,44-41-,49-47-,50-48-,56-54-. The first-order valence-corrected chi connectivity index (χ1v) is 33.3. The SMILES string of the molecule is CC/C=C\C/C=C\C/C=C\C/C=C\C/C=C\C/C=C\C/C=C\C/C=C\CCCCCCCCC(=O)OCC(COC(=O)CCCCCCCCCCC)OC(=O)CCCCC/C=C\C/C=C\C/C=C\C/C=C\C/C=C\C/C=C\C/C=C\CC. The minimum atomic E-state index is -0.811. The number of esters is 3. The van der Waals surface area contributed by atoms with Gasteiger partial charge in [-0.2, -0.15) is 0 Å². The van der Waals surface area contributed by atoms with Crippen LogP contribution in [0.4, 0.5) is 0 Å². The van der Waals surface area contributed by atoms with Gasteiger partial charge in [-0.15, -0.1) is 0 Å². The molecule has 6 nitrogen and oxygen atoms in total. The van der Waals surface area contributed by atoms with Crippen LogP contribution in [0.2, 0.25) is 0 Å². The van der Waals surface area contributed by atoms with Crippen molar-refractivity contribution in [1.82, 2.24) is 0 Å². The Balaban J connectivity index is 4.35. The van der Waals surface area contributed by atoms with E-state index in [-0.39, 0.29) is 37.5 Å². The summed E-state index contributed by atoms with van der Waals surface area (Å²) in [7, 11) is 0. The van der Waals surface area contributed by atoms with Crippen LogP contribution < -0.4 is 0 Å². The van der Waals surface area contributed by atoms with Crippen LogP contribution in [0.1, 0.15) is 265 Å². The molecule has 0 amide bonds. The lowest BCUT2D eigenvalue weighted by Crippen LogP contribution is -2.30. The fraction of sp³-hybridized carbons (Fsp3) is 0.571. The first-order chi connectivity index (χ1) is 41.0. The molecule has 0 aromatic heterocycles. The zero-order chi connectivity index (χ0) is 59.9. The van der Waals surface area contributed by atoms with E-state index in [0.29, 0.717) is 19.3 Å². The van der Waals surface area contributed by atoms with Crippen molar-refractivity contribution < 1.29 is 28.6 Å². The molecule has 0 aromatic rings. The van der Waals surface area contributed by atoms with Crippen molar-refractivity contribution in [2.45, 2.75) is 271 Å². The maximum absolute atomic E-state index is 12.9. The molecule has 0 bridgehead atoms. The van der Waals surface area contributed by atoms with Crippen molar-refractivity contribution in [3.8, 4) is 0 Å². The van der Waals surface area contributed by atoms with Crippen LogP contribution in [0.25, 0.3) is 0 Å². The van der Waals surface area contributed by atoms with Crippen molar-refractivity contribution in [3.05, 3.63) is 182 Å². The summed E-state index contributed by atoms with van der Waals surface area (Å²) in [5.41, 5.74) is 0. The smallest absolute Gasteiger partial charge is 0.306 e. The lowest BCUT2D eigenvalue weighted by atomic mass is 10.1. The Morgan fingerprint density at radius 1 is 0.253 bits per heavy atom. The van der Waals surface area contributed by atoms with E-state index in [9.17, 15) is 14.4 Å². The third-order valence-electron chi connectivity index (χ3n) is 13.4. The Kier molecular flexibility index (Phi) is 64.4. The highest BCUT2D eigenvalue weighted by atomic mass is 16.6. The van der Waals surface area contributed by atoms with Crippen LogP contribution in [0, 0.1) is 0 Å². The second kappa shape index (κ2) is 69.0. The number of hydrogen-bond donors (Lipinski definition) is 0. The third-order valence-corrected chi connectivity index (χ3v) is 13.4. The van der Waals surface area contributed by atoms with E-state index in [1.807, 2.05) is 0 Å². The highest BCUT2D eigenvalue weighted by Crippen LogP contribution is 2.14. The molecule has 0 N–H and O–H groups in total. The molecule has 0 fully saturated rings. The summed E-state index contributed by atoms with van der Waals surface area (Å²) >= 11 is 0. The molecule has 0 aliphatic carbocycles. The first-order valence-electron chi connectivity index (χ1n) is 33.3. The Bertz CT molecular complexity index is 1940. The minimum absolute atomic E-state index is 0.103. The van der Waals surface area contributed by atoms with E-state index in [1.54, 1.807) is 0 Å². The Hall–Kier alpha value is -5.49. The molecule has 83 heavy (non-hydrogen) atoms. The van der Waals surface area contributed by atoms with Crippen molar-refractivity contribution in [1.29, 1.82) is 0 Å². The zero-order valence-electron chi connectivity index (χ0n) is 53.1. The molecule has 1 atom stereocenters. The third kappa shape index (κ3) is 67.2. The Labute approximate surface area is 510 Å². The van der Waals surface area contributed by atoms with Gasteiger partial charge < -0.3 is 14.2 Å². The summed E-state index contributed by atoms with van der Waals surface area (Å²) in [6.45, 7) is 6.34. The predicted molar refractivity (Wildman–Crippen MR) is 361 cm³/mol. The first kappa shape index (κ1) is 77.5. The molecule has 6 heteroatoms. The maximum atomic E-state index is 12.9. The van der Waals surface area contributed by atoms with Gasteiger partial charge in [-0.3, -0.25) is 14.4 Å². The van der Waals surface area contributed by atoms with Gasteiger partial charge in [-0.1, -0.05) is 287 Å². The van der Waals surface area contributed by atoms with Crippen molar-refractivity contribution in [3.63, 3.8) is 0 Å². The largest absolute Gasteiger partial charge is 0.462 e. The summed E-state index contributed by atoms with van der Waals surface area (Å²) in [5.74, 6) is -0.961. The number of rotatable bonds is 58. The van der Waals surface area contributed by atoms with E-state index < -0.39 is 6.10 Å². The highest BCUT2D eigenvalue weighted by molar-refractivity contribution is 5.71. The second-order valence-electron chi connectivity index (χ2n) is 21.3. The molecular weight excluding hydrogens is 1020 g/mol. The highest BCUT2D eigenvalue weighted by Gasteiger charge is 2.19. The van der Waals surface area contributed by atoms with Crippen molar-refractivity contribution in [2.24, 2.45) is 0 Å². The number of carbonyl (C=O) groups excluding carboxylic acids is 3. The van der Waals surface area contributed by atoms with E-state index in [2.05, 4.69) is 203 Å². The van der Waals surface area contributed by atoms with E-state index in [0.717, 1.165) is 167 Å². The van der Waals surface area contributed by atoms with Gasteiger partial charge in [0.2, 0.25) is 0 Å². The average Bonchev–Trinajstić information content (AvgIpc) is 3.49. The predicted octanol–water partition coefficient (Wildman–Crippen LogP) is 23.2. The molecule has 0 aliphatic heterocycles. The number of hydrogen-bond acceptors (Lipinski definition) is 6. The van der Waals surface area contributed by atoms with Gasteiger partial charge in [0.25, 0.3) is 0 Å². The number of allylic oxidation sites excluding steroid dienone is 30. The fourth-order valence-electron chi connectivity index (χ4n) is 8.50. The summed E-state index contributed by atoms with van der Waals surface area (Å²) in [6.07, 6.45) is 103. The van der Waals surface area contributed by atoms with Crippen LogP contribution in [-0.4, -0.2) is 37.2 Å². The van der Waals surface area contributed by atoms with Crippen LogP contribution in [0.5, 0.6) is 0 Å². The summed E-state index contributed by atoms with van der Waals surface area (Å²) in [5, 5.41) is 0. The maximum Gasteiger partial charge on any atom is 0.306 e.